The molecule has 0 unspecified atom stereocenters. The number of benzene rings is 1. The van der Waals surface area contributed by atoms with E-state index in [1.807, 2.05) is 13.0 Å². The molecular formula is C14H12F2N4S. The summed E-state index contributed by atoms with van der Waals surface area (Å²) < 4.78 is 27.0. The molecule has 0 bridgehead atoms. The first kappa shape index (κ1) is 13.7. The zero-order chi connectivity index (χ0) is 15.0. The van der Waals surface area contributed by atoms with Crippen LogP contribution in [-0.2, 0) is 0 Å². The highest BCUT2D eigenvalue weighted by Crippen LogP contribution is 2.31. The van der Waals surface area contributed by atoms with Crippen LogP contribution in [0.25, 0.3) is 10.2 Å². The summed E-state index contributed by atoms with van der Waals surface area (Å²) in [7, 11) is 1.70. The molecule has 108 valence electrons. The Morgan fingerprint density at radius 3 is 2.71 bits per heavy atom. The van der Waals surface area contributed by atoms with E-state index in [0.717, 1.165) is 33.3 Å². The van der Waals surface area contributed by atoms with E-state index in [-0.39, 0.29) is 5.69 Å². The molecule has 2 heterocycles. The lowest BCUT2D eigenvalue weighted by Gasteiger charge is -2.09. The number of anilines is 3. The normalized spacial score (nSPS) is 10.9. The largest absolute Gasteiger partial charge is 0.357 e. The van der Waals surface area contributed by atoms with E-state index in [4.69, 9.17) is 0 Å². The maximum atomic E-state index is 13.8. The summed E-state index contributed by atoms with van der Waals surface area (Å²) in [5.41, 5.74) is 0.0425. The maximum Gasteiger partial charge on any atom is 0.225 e. The molecule has 0 amide bonds. The van der Waals surface area contributed by atoms with Crippen molar-refractivity contribution in [1.29, 1.82) is 0 Å². The van der Waals surface area contributed by atoms with Crippen LogP contribution in [-0.4, -0.2) is 17.0 Å². The summed E-state index contributed by atoms with van der Waals surface area (Å²) in [5, 5.41) is 6.48. The van der Waals surface area contributed by atoms with E-state index in [2.05, 4.69) is 20.6 Å². The number of halogens is 2. The van der Waals surface area contributed by atoms with Crippen molar-refractivity contribution < 1.29 is 8.78 Å². The average Bonchev–Trinajstić information content (AvgIpc) is 2.83. The predicted molar refractivity (Wildman–Crippen MR) is 81.3 cm³/mol. The second kappa shape index (κ2) is 5.25. The number of rotatable bonds is 3. The predicted octanol–water partition coefficient (Wildman–Crippen LogP) is 4.06. The number of nitrogens with zero attached hydrogens (tertiary/aromatic N) is 2. The summed E-state index contributed by atoms with van der Waals surface area (Å²) >= 11 is 1.51. The summed E-state index contributed by atoms with van der Waals surface area (Å²) in [5.74, 6) is -0.192. The summed E-state index contributed by atoms with van der Waals surface area (Å²) in [6.45, 7) is 1.96. The lowest BCUT2D eigenvalue weighted by molar-refractivity contribution is 0.603. The fourth-order valence-corrected chi connectivity index (χ4v) is 2.85. The van der Waals surface area contributed by atoms with Crippen molar-refractivity contribution in [2.24, 2.45) is 0 Å². The van der Waals surface area contributed by atoms with Gasteiger partial charge in [0.15, 0.2) is 0 Å². The Labute approximate surface area is 123 Å². The standard InChI is InChI=1S/C14H12F2N4S/c1-7-5-9-12(19-14(17-2)20-13(9)21-7)18-11-6-8(15)3-4-10(11)16/h3-6H,1-2H3,(H2,17,18,19,20). The second-order valence-electron chi connectivity index (χ2n) is 4.47. The number of nitrogens with one attached hydrogen (secondary N) is 2. The number of aryl methyl sites for hydroxylation is 1. The molecule has 4 nitrogen and oxygen atoms in total. The van der Waals surface area contributed by atoms with Crippen LogP contribution in [0.5, 0.6) is 0 Å². The van der Waals surface area contributed by atoms with Gasteiger partial charge >= 0.3 is 0 Å². The van der Waals surface area contributed by atoms with Gasteiger partial charge in [0, 0.05) is 18.0 Å². The highest BCUT2D eigenvalue weighted by Gasteiger charge is 2.12. The van der Waals surface area contributed by atoms with E-state index < -0.39 is 11.6 Å². The highest BCUT2D eigenvalue weighted by atomic mass is 32.1. The van der Waals surface area contributed by atoms with Crippen molar-refractivity contribution in [1.82, 2.24) is 9.97 Å². The van der Waals surface area contributed by atoms with E-state index >= 15 is 0 Å². The summed E-state index contributed by atoms with van der Waals surface area (Å²) in [6.07, 6.45) is 0. The molecule has 0 aliphatic carbocycles. The third kappa shape index (κ3) is 2.64. The Morgan fingerprint density at radius 1 is 1.14 bits per heavy atom. The van der Waals surface area contributed by atoms with Crippen LogP contribution in [0.4, 0.5) is 26.2 Å². The highest BCUT2D eigenvalue weighted by molar-refractivity contribution is 7.18. The molecular weight excluding hydrogens is 294 g/mol. The first-order valence-electron chi connectivity index (χ1n) is 6.25. The third-order valence-corrected chi connectivity index (χ3v) is 3.87. The Kier molecular flexibility index (Phi) is 3.42. The Hall–Kier alpha value is -2.28. The number of hydrogen-bond donors (Lipinski definition) is 2. The second-order valence-corrected chi connectivity index (χ2v) is 5.71. The molecule has 0 saturated carbocycles. The Morgan fingerprint density at radius 2 is 1.95 bits per heavy atom. The van der Waals surface area contributed by atoms with Gasteiger partial charge in [-0.05, 0) is 25.1 Å². The van der Waals surface area contributed by atoms with Crippen molar-refractivity contribution >= 4 is 39.0 Å². The van der Waals surface area contributed by atoms with Crippen molar-refractivity contribution in [2.45, 2.75) is 6.92 Å². The smallest absolute Gasteiger partial charge is 0.225 e. The van der Waals surface area contributed by atoms with Crippen molar-refractivity contribution in [3.63, 3.8) is 0 Å². The fourth-order valence-electron chi connectivity index (χ4n) is 1.97. The van der Waals surface area contributed by atoms with Gasteiger partial charge in [-0.2, -0.15) is 4.98 Å². The molecule has 0 aliphatic rings. The van der Waals surface area contributed by atoms with Gasteiger partial charge in [0.1, 0.15) is 22.3 Å². The molecule has 0 saturated heterocycles. The van der Waals surface area contributed by atoms with Gasteiger partial charge in [-0.3, -0.25) is 0 Å². The van der Waals surface area contributed by atoms with E-state index in [9.17, 15) is 8.78 Å². The molecule has 0 radical (unpaired) electrons. The monoisotopic (exact) mass is 306 g/mol. The maximum absolute atomic E-state index is 13.8. The van der Waals surface area contributed by atoms with E-state index in [0.29, 0.717) is 11.8 Å². The molecule has 0 atom stereocenters. The van der Waals surface area contributed by atoms with Crippen LogP contribution in [0.3, 0.4) is 0 Å². The minimum absolute atomic E-state index is 0.0425. The van der Waals surface area contributed by atoms with Crippen LogP contribution in [0.15, 0.2) is 24.3 Å². The molecule has 3 rings (SSSR count). The minimum atomic E-state index is -0.541. The molecule has 1 aromatic carbocycles. The van der Waals surface area contributed by atoms with E-state index in [1.54, 1.807) is 7.05 Å². The average molecular weight is 306 g/mol. The van der Waals surface area contributed by atoms with Gasteiger partial charge in [0.05, 0.1) is 11.1 Å². The molecule has 7 heteroatoms. The van der Waals surface area contributed by atoms with Crippen molar-refractivity contribution in [3.05, 3.63) is 40.8 Å². The topological polar surface area (TPSA) is 49.8 Å². The SMILES string of the molecule is CNc1nc(Nc2cc(F)ccc2F)c2cc(C)sc2n1. The van der Waals surface area contributed by atoms with Gasteiger partial charge in [0.25, 0.3) is 0 Å². The Balaban J connectivity index is 2.12. The minimum Gasteiger partial charge on any atom is -0.357 e. The fraction of sp³-hybridized carbons (Fsp3) is 0.143. The molecule has 2 aromatic heterocycles. The van der Waals surface area contributed by atoms with Crippen LogP contribution >= 0.6 is 11.3 Å². The van der Waals surface area contributed by atoms with Crippen LogP contribution in [0.1, 0.15) is 4.88 Å². The number of fused-ring (bicyclic) bond motifs is 1. The number of aromatic nitrogens is 2. The number of hydrogen-bond acceptors (Lipinski definition) is 5. The first-order valence-corrected chi connectivity index (χ1v) is 7.06. The molecule has 0 aliphatic heterocycles. The van der Waals surface area contributed by atoms with E-state index in [1.165, 1.54) is 11.3 Å². The van der Waals surface area contributed by atoms with Crippen LogP contribution < -0.4 is 10.6 Å². The first-order chi connectivity index (χ1) is 10.1. The summed E-state index contributed by atoms with van der Waals surface area (Å²) in [4.78, 5) is 10.5. The van der Waals surface area contributed by atoms with Gasteiger partial charge in [-0.15, -0.1) is 11.3 Å². The zero-order valence-electron chi connectivity index (χ0n) is 11.4. The molecule has 0 fully saturated rings. The zero-order valence-corrected chi connectivity index (χ0v) is 12.2. The Bertz CT molecular complexity index is 816. The summed E-state index contributed by atoms with van der Waals surface area (Å²) in [6, 6.07) is 5.16. The quantitative estimate of drug-likeness (QED) is 0.766. The lowest BCUT2D eigenvalue weighted by atomic mass is 10.2. The van der Waals surface area contributed by atoms with Crippen molar-refractivity contribution in [2.75, 3.05) is 17.7 Å². The van der Waals surface area contributed by atoms with Gasteiger partial charge < -0.3 is 10.6 Å². The third-order valence-electron chi connectivity index (χ3n) is 2.92. The molecule has 21 heavy (non-hydrogen) atoms. The van der Waals surface area contributed by atoms with Gasteiger partial charge in [0.2, 0.25) is 5.95 Å². The molecule has 0 spiro atoms. The molecule has 2 N–H and O–H groups in total. The molecule has 3 aromatic rings. The van der Waals surface area contributed by atoms with Crippen LogP contribution in [0, 0.1) is 18.6 Å². The van der Waals surface area contributed by atoms with Crippen molar-refractivity contribution in [3.8, 4) is 0 Å². The lowest BCUT2D eigenvalue weighted by Crippen LogP contribution is -2.02. The van der Waals surface area contributed by atoms with Gasteiger partial charge in [-0.25, -0.2) is 13.8 Å². The van der Waals surface area contributed by atoms with Gasteiger partial charge in [-0.1, -0.05) is 0 Å². The number of thiophene rings is 1. The van der Waals surface area contributed by atoms with Crippen LogP contribution in [0.2, 0.25) is 0 Å².